The summed E-state index contributed by atoms with van der Waals surface area (Å²) in [5.41, 5.74) is 8.08. The molecule has 5 nitrogen and oxygen atoms in total. The van der Waals surface area contributed by atoms with Crippen molar-refractivity contribution in [3.8, 4) is 0 Å². The second-order valence-electron chi connectivity index (χ2n) is 4.25. The molecule has 1 rings (SSSR count). The van der Waals surface area contributed by atoms with Gasteiger partial charge in [0.05, 0.1) is 18.0 Å². The summed E-state index contributed by atoms with van der Waals surface area (Å²) in [5.74, 6) is -0.0815. The Bertz CT molecular complexity index is 421. The van der Waals surface area contributed by atoms with Crippen LogP contribution in [-0.2, 0) is 4.74 Å². The van der Waals surface area contributed by atoms with E-state index in [1.807, 2.05) is 31.9 Å². The zero-order valence-corrected chi connectivity index (χ0v) is 11.9. The largest absolute Gasteiger partial charge is 0.397 e. The Balaban J connectivity index is 2.81. The van der Waals surface area contributed by atoms with Crippen LogP contribution in [0, 0.1) is 0 Å². The second-order valence-corrected chi connectivity index (χ2v) is 4.25. The number of nitrogens with one attached hydrogen (secondary N) is 1. The van der Waals surface area contributed by atoms with Gasteiger partial charge in [-0.25, -0.2) is 0 Å². The predicted octanol–water partition coefficient (Wildman–Crippen LogP) is 1.49. The van der Waals surface area contributed by atoms with E-state index in [0.29, 0.717) is 31.0 Å². The summed E-state index contributed by atoms with van der Waals surface area (Å²) in [5, 5.41) is 2.78. The van der Waals surface area contributed by atoms with Crippen molar-refractivity contribution in [1.82, 2.24) is 5.32 Å². The maximum Gasteiger partial charge on any atom is 0.251 e. The topological polar surface area (TPSA) is 67.6 Å². The quantitative estimate of drug-likeness (QED) is 0.579. The zero-order valence-electron chi connectivity index (χ0n) is 11.9. The molecule has 5 heteroatoms. The van der Waals surface area contributed by atoms with Gasteiger partial charge in [0.25, 0.3) is 5.91 Å². The lowest BCUT2D eigenvalue weighted by Gasteiger charge is -2.21. The number of carbonyl (C=O) groups excluding carboxylic acids is 1. The van der Waals surface area contributed by atoms with Gasteiger partial charge in [-0.05, 0) is 32.0 Å². The highest BCUT2D eigenvalue weighted by molar-refractivity contribution is 5.96. The monoisotopic (exact) mass is 265 g/mol. The normalized spacial score (nSPS) is 10.3. The first-order valence-electron chi connectivity index (χ1n) is 6.56. The first kappa shape index (κ1) is 15.3. The van der Waals surface area contributed by atoms with E-state index >= 15 is 0 Å². The summed E-state index contributed by atoms with van der Waals surface area (Å²) in [6.07, 6.45) is 0. The predicted molar refractivity (Wildman–Crippen MR) is 78.6 cm³/mol. The molecular formula is C14H23N3O2. The summed E-state index contributed by atoms with van der Waals surface area (Å²) in [4.78, 5) is 13.8. The number of hydrogen-bond acceptors (Lipinski definition) is 4. The van der Waals surface area contributed by atoms with Gasteiger partial charge in [0.1, 0.15) is 0 Å². The minimum Gasteiger partial charge on any atom is -0.397 e. The third-order valence-electron chi connectivity index (χ3n) is 2.82. The van der Waals surface area contributed by atoms with Crippen LogP contribution in [0.5, 0.6) is 0 Å². The lowest BCUT2D eigenvalue weighted by atomic mass is 10.1. The first-order valence-corrected chi connectivity index (χ1v) is 6.56. The van der Waals surface area contributed by atoms with Crippen LogP contribution in [0.2, 0.25) is 0 Å². The number of carbonyl (C=O) groups is 1. The van der Waals surface area contributed by atoms with E-state index < -0.39 is 0 Å². The number of nitrogens with two attached hydrogens (primary N) is 1. The second kappa shape index (κ2) is 7.63. The van der Waals surface area contributed by atoms with E-state index in [2.05, 4.69) is 5.32 Å². The van der Waals surface area contributed by atoms with Crippen molar-refractivity contribution in [2.24, 2.45) is 0 Å². The molecule has 0 saturated carbocycles. The van der Waals surface area contributed by atoms with Crippen LogP contribution >= 0.6 is 0 Å². The number of amides is 1. The Labute approximate surface area is 114 Å². The van der Waals surface area contributed by atoms with E-state index in [-0.39, 0.29) is 5.91 Å². The molecule has 1 aromatic carbocycles. The molecule has 0 saturated heterocycles. The fourth-order valence-corrected chi connectivity index (χ4v) is 1.74. The smallest absolute Gasteiger partial charge is 0.251 e. The van der Waals surface area contributed by atoms with E-state index in [1.54, 1.807) is 12.1 Å². The number of likely N-dealkylation sites (N-methyl/N-ethyl adjacent to an activating group) is 1. The van der Waals surface area contributed by atoms with Crippen LogP contribution in [0.15, 0.2) is 18.2 Å². The van der Waals surface area contributed by atoms with Crippen LogP contribution in [0.4, 0.5) is 11.4 Å². The van der Waals surface area contributed by atoms with Crippen LogP contribution in [0.3, 0.4) is 0 Å². The molecule has 3 N–H and O–H groups in total. The average Bonchev–Trinajstić information content (AvgIpc) is 2.39. The molecule has 0 aromatic heterocycles. The molecule has 19 heavy (non-hydrogen) atoms. The van der Waals surface area contributed by atoms with Gasteiger partial charge < -0.3 is 20.7 Å². The molecule has 0 fully saturated rings. The molecule has 0 bridgehead atoms. The van der Waals surface area contributed by atoms with E-state index in [4.69, 9.17) is 10.5 Å². The number of hydrogen-bond donors (Lipinski definition) is 2. The molecule has 1 amide bonds. The average molecular weight is 265 g/mol. The number of benzene rings is 1. The van der Waals surface area contributed by atoms with Crippen LogP contribution in [0.25, 0.3) is 0 Å². The Hall–Kier alpha value is -1.75. The molecule has 0 spiro atoms. The lowest BCUT2D eigenvalue weighted by Crippen LogP contribution is -2.25. The Morgan fingerprint density at radius 3 is 2.79 bits per heavy atom. The highest BCUT2D eigenvalue weighted by Gasteiger charge is 2.10. The van der Waals surface area contributed by atoms with Gasteiger partial charge in [-0.1, -0.05) is 0 Å². The molecule has 0 radical (unpaired) electrons. The van der Waals surface area contributed by atoms with Crippen LogP contribution < -0.4 is 16.0 Å². The van der Waals surface area contributed by atoms with Gasteiger partial charge in [-0.3, -0.25) is 4.79 Å². The maximum atomic E-state index is 11.8. The Morgan fingerprint density at radius 2 is 2.16 bits per heavy atom. The summed E-state index contributed by atoms with van der Waals surface area (Å²) < 4.78 is 5.32. The van der Waals surface area contributed by atoms with Crippen molar-refractivity contribution in [1.29, 1.82) is 0 Å². The Morgan fingerprint density at radius 1 is 1.42 bits per heavy atom. The molecule has 0 unspecified atom stereocenters. The molecule has 0 aliphatic heterocycles. The molecule has 0 heterocycles. The molecule has 0 atom stereocenters. The summed E-state index contributed by atoms with van der Waals surface area (Å²) >= 11 is 0. The minimum absolute atomic E-state index is 0.0815. The van der Waals surface area contributed by atoms with Crippen molar-refractivity contribution in [3.05, 3.63) is 23.8 Å². The van der Waals surface area contributed by atoms with Crippen molar-refractivity contribution in [3.63, 3.8) is 0 Å². The standard InChI is InChI=1S/C14H23N3O2/c1-4-16-14(18)11-6-7-12(15)13(10-11)17(3)8-9-19-5-2/h6-7,10H,4-5,8-9,15H2,1-3H3,(H,16,18). The molecule has 0 aliphatic rings. The fourth-order valence-electron chi connectivity index (χ4n) is 1.74. The third-order valence-corrected chi connectivity index (χ3v) is 2.82. The van der Waals surface area contributed by atoms with Gasteiger partial charge in [-0.15, -0.1) is 0 Å². The maximum absolute atomic E-state index is 11.8. The van der Waals surface area contributed by atoms with E-state index in [1.165, 1.54) is 0 Å². The van der Waals surface area contributed by atoms with Gasteiger partial charge in [0.15, 0.2) is 0 Å². The summed E-state index contributed by atoms with van der Waals surface area (Å²) in [7, 11) is 1.94. The van der Waals surface area contributed by atoms with Crippen molar-refractivity contribution in [2.45, 2.75) is 13.8 Å². The number of rotatable bonds is 7. The summed E-state index contributed by atoms with van der Waals surface area (Å²) in [6, 6.07) is 5.31. The first-order chi connectivity index (χ1) is 9.10. The molecule has 106 valence electrons. The van der Waals surface area contributed by atoms with Crippen molar-refractivity contribution < 1.29 is 9.53 Å². The number of anilines is 2. The fraction of sp³-hybridized carbons (Fsp3) is 0.500. The minimum atomic E-state index is -0.0815. The molecule has 1 aromatic rings. The van der Waals surface area contributed by atoms with Crippen molar-refractivity contribution >= 4 is 17.3 Å². The molecule has 0 aliphatic carbocycles. The lowest BCUT2D eigenvalue weighted by molar-refractivity contribution is 0.0956. The highest BCUT2D eigenvalue weighted by Crippen LogP contribution is 2.23. The van der Waals surface area contributed by atoms with E-state index in [0.717, 1.165) is 12.2 Å². The van der Waals surface area contributed by atoms with Gasteiger partial charge in [0.2, 0.25) is 0 Å². The van der Waals surface area contributed by atoms with Gasteiger partial charge in [0, 0.05) is 32.3 Å². The number of nitrogen functional groups attached to an aromatic ring is 1. The number of ether oxygens (including phenoxy) is 1. The highest BCUT2D eigenvalue weighted by atomic mass is 16.5. The van der Waals surface area contributed by atoms with Crippen LogP contribution in [-0.4, -0.2) is 39.3 Å². The summed E-state index contributed by atoms with van der Waals surface area (Å²) in [6.45, 7) is 6.53. The van der Waals surface area contributed by atoms with Gasteiger partial charge in [-0.2, -0.15) is 0 Å². The third kappa shape index (κ3) is 4.44. The van der Waals surface area contributed by atoms with Crippen molar-refractivity contribution in [2.75, 3.05) is 44.0 Å². The van der Waals surface area contributed by atoms with Gasteiger partial charge >= 0.3 is 0 Å². The molecular weight excluding hydrogens is 242 g/mol. The van der Waals surface area contributed by atoms with E-state index in [9.17, 15) is 4.79 Å². The van der Waals surface area contributed by atoms with Crippen LogP contribution in [0.1, 0.15) is 24.2 Å². The Kier molecular flexibility index (Phi) is 6.15. The zero-order chi connectivity index (χ0) is 14.3. The SMILES string of the molecule is CCNC(=O)c1ccc(N)c(N(C)CCOCC)c1. The number of nitrogens with zero attached hydrogens (tertiary/aromatic N) is 1.